The topological polar surface area (TPSA) is 77.8 Å². The Balaban J connectivity index is 3.35. The van der Waals surface area contributed by atoms with Crippen LogP contribution in [0.15, 0.2) is 24.3 Å². The molecule has 0 saturated carbocycles. The van der Waals surface area contributed by atoms with Crippen molar-refractivity contribution in [3.63, 3.8) is 0 Å². The van der Waals surface area contributed by atoms with Crippen LogP contribution in [-0.2, 0) is 4.79 Å². The third-order valence-corrected chi connectivity index (χ3v) is 4.98. The maximum Gasteiger partial charge on any atom is 0.303 e. The summed E-state index contributed by atoms with van der Waals surface area (Å²) in [5, 5.41) is 28.4. The van der Waals surface area contributed by atoms with Crippen molar-refractivity contribution in [2.75, 3.05) is 0 Å². The third kappa shape index (κ3) is 21.2. The van der Waals surface area contributed by atoms with Crippen molar-refractivity contribution in [1.82, 2.24) is 0 Å². The molecule has 0 aliphatic carbocycles. The first-order valence-electron chi connectivity index (χ1n) is 11.4. The van der Waals surface area contributed by atoms with Crippen molar-refractivity contribution in [3.05, 3.63) is 24.3 Å². The summed E-state index contributed by atoms with van der Waals surface area (Å²) in [6, 6.07) is 0. The van der Waals surface area contributed by atoms with E-state index in [4.69, 9.17) is 5.11 Å². The summed E-state index contributed by atoms with van der Waals surface area (Å²) >= 11 is 0. The Hall–Kier alpha value is -1.13. The van der Waals surface area contributed by atoms with Crippen LogP contribution in [0.1, 0.15) is 110 Å². The quantitative estimate of drug-likeness (QED) is 0.170. The summed E-state index contributed by atoms with van der Waals surface area (Å²) in [6.45, 7) is 2.12. The summed E-state index contributed by atoms with van der Waals surface area (Å²) < 4.78 is 0. The van der Waals surface area contributed by atoms with Crippen LogP contribution in [0.2, 0.25) is 0 Å². The highest BCUT2D eigenvalue weighted by Crippen LogP contribution is 2.13. The Bertz CT molecular complexity index is 403. The first kappa shape index (κ1) is 26.9. The van der Waals surface area contributed by atoms with Gasteiger partial charge < -0.3 is 15.3 Å². The first-order valence-corrected chi connectivity index (χ1v) is 11.4. The van der Waals surface area contributed by atoms with Crippen molar-refractivity contribution in [1.29, 1.82) is 0 Å². The van der Waals surface area contributed by atoms with Gasteiger partial charge in [-0.1, -0.05) is 69.8 Å². The van der Waals surface area contributed by atoms with E-state index >= 15 is 0 Å². The minimum atomic E-state index is -0.732. The Labute approximate surface area is 172 Å². The summed E-state index contributed by atoms with van der Waals surface area (Å²) in [7, 11) is 0. The zero-order valence-electron chi connectivity index (χ0n) is 18.0. The summed E-state index contributed by atoms with van der Waals surface area (Å²) in [5.41, 5.74) is 0. The Morgan fingerprint density at radius 2 is 1.32 bits per heavy atom. The molecule has 0 rings (SSSR count). The lowest BCUT2D eigenvalue weighted by Gasteiger charge is -2.10. The highest BCUT2D eigenvalue weighted by Gasteiger charge is 2.04. The molecule has 4 nitrogen and oxygen atoms in total. The molecular weight excluding hydrogens is 352 g/mol. The molecule has 0 bridgehead atoms. The van der Waals surface area contributed by atoms with Gasteiger partial charge in [-0.15, -0.1) is 0 Å². The molecule has 0 aromatic carbocycles. The van der Waals surface area contributed by atoms with Crippen molar-refractivity contribution in [2.24, 2.45) is 0 Å². The van der Waals surface area contributed by atoms with Gasteiger partial charge in [0.15, 0.2) is 0 Å². The van der Waals surface area contributed by atoms with E-state index in [0.717, 1.165) is 64.2 Å². The van der Waals surface area contributed by atoms with Gasteiger partial charge in [-0.25, -0.2) is 0 Å². The fraction of sp³-hybridized carbons (Fsp3) is 0.792. The molecular formula is C24H44O4. The Kier molecular flexibility index (Phi) is 19.8. The lowest BCUT2D eigenvalue weighted by molar-refractivity contribution is -0.137. The second-order valence-corrected chi connectivity index (χ2v) is 7.81. The predicted octanol–water partition coefficient (Wildman–Crippen LogP) is 6.17. The van der Waals surface area contributed by atoms with Crippen LogP contribution in [0.4, 0.5) is 0 Å². The van der Waals surface area contributed by atoms with Gasteiger partial charge in [0.25, 0.3) is 0 Å². The highest BCUT2D eigenvalue weighted by molar-refractivity contribution is 5.66. The van der Waals surface area contributed by atoms with E-state index in [0.29, 0.717) is 6.42 Å². The van der Waals surface area contributed by atoms with Gasteiger partial charge >= 0.3 is 5.97 Å². The van der Waals surface area contributed by atoms with Gasteiger partial charge in [0.05, 0.1) is 12.2 Å². The summed E-state index contributed by atoms with van der Waals surface area (Å²) in [5.74, 6) is -0.732. The van der Waals surface area contributed by atoms with Crippen LogP contribution in [0.25, 0.3) is 0 Å². The van der Waals surface area contributed by atoms with E-state index in [1.807, 2.05) is 0 Å². The van der Waals surface area contributed by atoms with Gasteiger partial charge in [0.2, 0.25) is 0 Å². The molecule has 28 heavy (non-hydrogen) atoms. The van der Waals surface area contributed by atoms with Gasteiger partial charge in [-0.3, -0.25) is 4.79 Å². The minimum Gasteiger partial charge on any atom is -0.481 e. The van der Waals surface area contributed by atoms with Crippen LogP contribution < -0.4 is 0 Å². The third-order valence-electron chi connectivity index (χ3n) is 4.98. The number of aliphatic hydroxyl groups excluding tert-OH is 2. The predicted molar refractivity (Wildman–Crippen MR) is 117 cm³/mol. The number of hydrogen-bond acceptors (Lipinski definition) is 3. The largest absolute Gasteiger partial charge is 0.481 e. The molecule has 0 radical (unpaired) electrons. The Morgan fingerprint density at radius 1 is 0.714 bits per heavy atom. The fourth-order valence-electron chi connectivity index (χ4n) is 3.21. The molecule has 0 saturated heterocycles. The Morgan fingerprint density at radius 3 is 2.00 bits per heavy atom. The molecule has 0 unspecified atom stereocenters. The fourth-order valence-corrected chi connectivity index (χ4v) is 3.21. The van der Waals surface area contributed by atoms with Gasteiger partial charge in [0, 0.05) is 6.42 Å². The van der Waals surface area contributed by atoms with Crippen LogP contribution in [0.5, 0.6) is 0 Å². The second kappa shape index (κ2) is 20.6. The second-order valence-electron chi connectivity index (χ2n) is 7.81. The molecule has 0 aromatic heterocycles. The van der Waals surface area contributed by atoms with E-state index in [9.17, 15) is 15.0 Å². The molecule has 0 aromatic rings. The van der Waals surface area contributed by atoms with Crippen molar-refractivity contribution < 1.29 is 20.1 Å². The number of carbonyl (C=O) groups is 1. The number of rotatable bonds is 20. The van der Waals surface area contributed by atoms with Crippen molar-refractivity contribution in [2.45, 2.75) is 122 Å². The summed E-state index contributed by atoms with van der Waals surface area (Å²) in [6.07, 6.45) is 23.2. The molecule has 0 amide bonds. The molecule has 4 heteroatoms. The lowest BCUT2D eigenvalue weighted by atomic mass is 10.0. The first-order chi connectivity index (χ1) is 13.6. The van der Waals surface area contributed by atoms with Crippen LogP contribution in [0, 0.1) is 0 Å². The van der Waals surface area contributed by atoms with Crippen LogP contribution in [0.3, 0.4) is 0 Å². The normalized spacial score (nSPS) is 14.1. The highest BCUT2D eigenvalue weighted by atomic mass is 16.4. The molecule has 0 fully saturated rings. The number of carboxylic acid groups (broad SMARTS) is 1. The molecule has 164 valence electrons. The van der Waals surface area contributed by atoms with Gasteiger partial charge in [-0.2, -0.15) is 0 Å². The zero-order valence-corrected chi connectivity index (χ0v) is 18.0. The molecule has 3 N–H and O–H groups in total. The van der Waals surface area contributed by atoms with E-state index in [-0.39, 0.29) is 18.6 Å². The number of aliphatic carboxylic acids is 1. The monoisotopic (exact) mass is 396 g/mol. The smallest absolute Gasteiger partial charge is 0.303 e. The average Bonchev–Trinajstić information content (AvgIpc) is 2.66. The van der Waals surface area contributed by atoms with Crippen LogP contribution in [-0.4, -0.2) is 33.5 Å². The molecule has 0 heterocycles. The maximum atomic E-state index is 10.4. The molecule has 0 aliphatic rings. The van der Waals surface area contributed by atoms with Crippen LogP contribution >= 0.6 is 0 Å². The number of unbranched alkanes of at least 4 members (excludes halogenated alkanes) is 7. The van der Waals surface area contributed by atoms with Crippen molar-refractivity contribution >= 4 is 5.97 Å². The summed E-state index contributed by atoms with van der Waals surface area (Å²) in [4.78, 5) is 10.4. The van der Waals surface area contributed by atoms with E-state index in [2.05, 4.69) is 31.2 Å². The molecule has 0 spiro atoms. The maximum absolute atomic E-state index is 10.4. The average molecular weight is 397 g/mol. The lowest BCUT2D eigenvalue weighted by Crippen LogP contribution is -2.06. The van der Waals surface area contributed by atoms with Crippen molar-refractivity contribution in [3.8, 4) is 0 Å². The van der Waals surface area contributed by atoms with E-state index in [1.165, 1.54) is 25.7 Å². The number of allylic oxidation sites excluding steroid dienone is 3. The number of aliphatic hydroxyl groups is 2. The number of carboxylic acids is 1. The molecule has 2 atom stereocenters. The molecule has 0 aliphatic heterocycles. The van der Waals surface area contributed by atoms with Gasteiger partial charge in [-0.05, 0) is 57.8 Å². The van der Waals surface area contributed by atoms with E-state index < -0.39 is 5.97 Å². The zero-order chi connectivity index (χ0) is 20.9. The van der Waals surface area contributed by atoms with E-state index in [1.54, 1.807) is 0 Å². The number of hydrogen-bond donors (Lipinski definition) is 3. The van der Waals surface area contributed by atoms with Gasteiger partial charge in [0.1, 0.15) is 0 Å². The SMILES string of the molecule is CC/C=C\CC[C@@H](O)C/C=C\CCCCCCC[C@@H](O)CCCCCC(=O)O. The minimum absolute atomic E-state index is 0.221. The standard InChI is InChI=1S/C24H44O4/c1-2-3-4-12-17-22(25)18-13-9-7-5-6-8-10-14-19-23(26)20-15-11-16-21-24(27)28/h3-4,9,13,22-23,25-26H,2,5-8,10-12,14-21H2,1H3,(H,27,28)/b4-3-,13-9-/t22-,23-/m1/s1.